The molecule has 1 rings (SSSR count). The van der Waals surface area contributed by atoms with Gasteiger partial charge in [-0.1, -0.05) is 0 Å². The largest absolute Gasteiger partial charge is 0.330 e. The van der Waals surface area contributed by atoms with Gasteiger partial charge in [0, 0.05) is 24.5 Å². The van der Waals surface area contributed by atoms with Crippen LogP contribution in [-0.4, -0.2) is 24.6 Å². The molecular weight excluding hydrogens is 182 g/mol. The Labute approximate surface area is 83.4 Å². The molecule has 0 spiro atoms. The van der Waals surface area contributed by atoms with Gasteiger partial charge in [-0.05, 0) is 25.9 Å². The van der Waals surface area contributed by atoms with Crippen LogP contribution in [0.25, 0.3) is 0 Å². The first kappa shape index (κ1) is 10.6. The number of hydrogen-bond acceptors (Lipinski definition) is 4. The van der Waals surface area contributed by atoms with E-state index < -0.39 is 0 Å². The molecule has 3 nitrogen and oxygen atoms in total. The first-order valence-corrected chi connectivity index (χ1v) is 5.60. The number of nitrogens with two attached hydrogens (primary N) is 1. The smallest absolute Gasteiger partial charge is 0.0937 e. The van der Waals surface area contributed by atoms with Crippen molar-refractivity contribution in [3.63, 3.8) is 0 Å². The van der Waals surface area contributed by atoms with Crippen LogP contribution in [0.2, 0.25) is 0 Å². The Hall–Kier alpha value is -0.450. The minimum absolute atomic E-state index is 0.800. The van der Waals surface area contributed by atoms with Crippen LogP contribution in [0.4, 0.5) is 0 Å². The zero-order chi connectivity index (χ0) is 9.36. The quantitative estimate of drug-likeness (QED) is 0.644. The van der Waals surface area contributed by atoms with Gasteiger partial charge in [-0.25, -0.2) is 4.98 Å². The van der Waals surface area contributed by atoms with E-state index in [-0.39, 0.29) is 0 Å². The van der Waals surface area contributed by atoms with Crippen LogP contribution in [0.3, 0.4) is 0 Å². The normalized spacial score (nSPS) is 10.5. The Morgan fingerprint density at radius 1 is 1.38 bits per heavy atom. The van der Waals surface area contributed by atoms with E-state index in [9.17, 15) is 0 Å². The Bertz CT molecular complexity index is 199. The summed E-state index contributed by atoms with van der Waals surface area (Å²) in [6, 6.07) is 0. The van der Waals surface area contributed by atoms with Crippen molar-refractivity contribution in [3.8, 4) is 0 Å². The standard InChI is InChI=1S/C9H17N3S/c10-4-1-2-5-11-6-3-9-12-7-8-13-9/h7-8,11H,1-6,10H2. The lowest BCUT2D eigenvalue weighted by molar-refractivity contribution is 0.626. The molecule has 0 atom stereocenters. The number of rotatable bonds is 7. The van der Waals surface area contributed by atoms with Gasteiger partial charge in [0.05, 0.1) is 5.01 Å². The van der Waals surface area contributed by atoms with Gasteiger partial charge in [-0.3, -0.25) is 0 Å². The van der Waals surface area contributed by atoms with E-state index in [1.807, 2.05) is 11.6 Å². The SMILES string of the molecule is NCCCCNCCc1nccs1. The van der Waals surface area contributed by atoms with E-state index in [0.29, 0.717) is 0 Å². The topological polar surface area (TPSA) is 50.9 Å². The molecule has 0 amide bonds. The molecule has 1 aromatic heterocycles. The average molecular weight is 199 g/mol. The second-order valence-corrected chi connectivity index (χ2v) is 3.90. The van der Waals surface area contributed by atoms with E-state index in [2.05, 4.69) is 10.3 Å². The molecule has 0 aliphatic carbocycles. The molecule has 0 unspecified atom stereocenters. The fourth-order valence-corrected chi connectivity index (χ4v) is 1.71. The van der Waals surface area contributed by atoms with E-state index in [1.54, 1.807) is 11.3 Å². The minimum atomic E-state index is 0.800. The van der Waals surface area contributed by atoms with Gasteiger partial charge in [0.25, 0.3) is 0 Å². The number of aromatic nitrogens is 1. The zero-order valence-electron chi connectivity index (χ0n) is 7.83. The van der Waals surface area contributed by atoms with Crippen molar-refractivity contribution in [1.82, 2.24) is 10.3 Å². The maximum Gasteiger partial charge on any atom is 0.0937 e. The molecule has 0 radical (unpaired) electrons. The fraction of sp³-hybridized carbons (Fsp3) is 0.667. The molecule has 1 aromatic rings. The minimum Gasteiger partial charge on any atom is -0.330 e. The lowest BCUT2D eigenvalue weighted by Crippen LogP contribution is -2.19. The highest BCUT2D eigenvalue weighted by atomic mass is 32.1. The number of thiazole rings is 1. The fourth-order valence-electron chi connectivity index (χ4n) is 1.09. The van der Waals surface area contributed by atoms with Gasteiger partial charge in [0.2, 0.25) is 0 Å². The summed E-state index contributed by atoms with van der Waals surface area (Å²) in [5.74, 6) is 0. The molecule has 0 fully saturated rings. The van der Waals surface area contributed by atoms with Crippen molar-refractivity contribution in [2.75, 3.05) is 19.6 Å². The van der Waals surface area contributed by atoms with Crippen LogP contribution in [0, 0.1) is 0 Å². The van der Waals surface area contributed by atoms with Crippen LogP contribution in [0.1, 0.15) is 17.8 Å². The summed E-state index contributed by atoms with van der Waals surface area (Å²) in [6.45, 7) is 2.90. The number of nitrogens with one attached hydrogen (secondary N) is 1. The van der Waals surface area contributed by atoms with E-state index in [4.69, 9.17) is 5.73 Å². The molecule has 0 saturated heterocycles. The number of unbranched alkanes of at least 4 members (excludes halogenated alkanes) is 1. The van der Waals surface area contributed by atoms with Crippen LogP contribution in [0.5, 0.6) is 0 Å². The van der Waals surface area contributed by atoms with E-state index in [0.717, 1.165) is 32.5 Å². The Morgan fingerprint density at radius 2 is 2.31 bits per heavy atom. The maximum atomic E-state index is 5.38. The van der Waals surface area contributed by atoms with Gasteiger partial charge in [0.1, 0.15) is 0 Å². The Balaban J connectivity index is 1.90. The van der Waals surface area contributed by atoms with Crippen LogP contribution in [0.15, 0.2) is 11.6 Å². The first-order valence-electron chi connectivity index (χ1n) is 4.72. The lowest BCUT2D eigenvalue weighted by Gasteiger charge is -2.01. The maximum absolute atomic E-state index is 5.38. The summed E-state index contributed by atoms with van der Waals surface area (Å²) >= 11 is 1.72. The van der Waals surface area contributed by atoms with Gasteiger partial charge in [-0.2, -0.15) is 0 Å². The van der Waals surface area contributed by atoms with Crippen molar-refractivity contribution in [1.29, 1.82) is 0 Å². The third-order valence-electron chi connectivity index (χ3n) is 1.81. The molecule has 74 valence electrons. The third-order valence-corrected chi connectivity index (χ3v) is 2.65. The average Bonchev–Trinajstić information content (AvgIpc) is 2.63. The second kappa shape index (κ2) is 7.00. The third kappa shape index (κ3) is 4.98. The molecule has 4 heteroatoms. The highest BCUT2D eigenvalue weighted by Gasteiger charge is 1.93. The van der Waals surface area contributed by atoms with Crippen molar-refractivity contribution in [3.05, 3.63) is 16.6 Å². The van der Waals surface area contributed by atoms with Crippen LogP contribution < -0.4 is 11.1 Å². The molecule has 1 heterocycles. The molecule has 0 aliphatic heterocycles. The number of hydrogen-bond donors (Lipinski definition) is 2. The van der Waals surface area contributed by atoms with Gasteiger partial charge >= 0.3 is 0 Å². The molecule has 0 bridgehead atoms. The van der Waals surface area contributed by atoms with Gasteiger partial charge in [0.15, 0.2) is 0 Å². The van der Waals surface area contributed by atoms with Crippen LogP contribution in [-0.2, 0) is 6.42 Å². The summed E-state index contributed by atoms with van der Waals surface area (Å²) in [7, 11) is 0. The predicted molar refractivity (Wildman–Crippen MR) is 57.0 cm³/mol. The summed E-state index contributed by atoms with van der Waals surface area (Å²) in [4.78, 5) is 4.21. The molecular formula is C9H17N3S. The molecule has 0 aromatic carbocycles. The van der Waals surface area contributed by atoms with Crippen molar-refractivity contribution < 1.29 is 0 Å². The molecule has 0 saturated carbocycles. The summed E-state index contributed by atoms with van der Waals surface area (Å²) in [6.07, 6.45) is 5.19. The van der Waals surface area contributed by atoms with Crippen molar-refractivity contribution in [2.24, 2.45) is 5.73 Å². The summed E-state index contributed by atoms with van der Waals surface area (Å²) in [5, 5.41) is 6.60. The highest BCUT2D eigenvalue weighted by Crippen LogP contribution is 2.03. The van der Waals surface area contributed by atoms with E-state index >= 15 is 0 Å². The predicted octanol–water partition coefficient (Wildman–Crippen LogP) is 1.01. The summed E-state index contributed by atoms with van der Waals surface area (Å²) in [5.41, 5.74) is 5.38. The van der Waals surface area contributed by atoms with E-state index in [1.165, 1.54) is 11.4 Å². The highest BCUT2D eigenvalue weighted by molar-refractivity contribution is 7.09. The summed E-state index contributed by atoms with van der Waals surface area (Å²) < 4.78 is 0. The second-order valence-electron chi connectivity index (χ2n) is 2.92. The van der Waals surface area contributed by atoms with Gasteiger partial charge in [-0.15, -0.1) is 11.3 Å². The van der Waals surface area contributed by atoms with Crippen molar-refractivity contribution in [2.45, 2.75) is 19.3 Å². The Morgan fingerprint density at radius 3 is 3.00 bits per heavy atom. The van der Waals surface area contributed by atoms with Crippen molar-refractivity contribution >= 4 is 11.3 Å². The number of nitrogens with zero attached hydrogens (tertiary/aromatic N) is 1. The van der Waals surface area contributed by atoms with Gasteiger partial charge < -0.3 is 11.1 Å². The molecule has 0 aliphatic rings. The lowest BCUT2D eigenvalue weighted by atomic mass is 10.3. The first-order chi connectivity index (χ1) is 6.43. The molecule has 3 N–H and O–H groups in total. The van der Waals surface area contributed by atoms with Crippen LogP contribution >= 0.6 is 11.3 Å². The monoisotopic (exact) mass is 199 g/mol. The zero-order valence-corrected chi connectivity index (χ0v) is 8.65. The Kier molecular flexibility index (Phi) is 5.73. The molecule has 13 heavy (non-hydrogen) atoms.